The predicted molar refractivity (Wildman–Crippen MR) is 99.9 cm³/mol. The number of nitrogens with one attached hydrogen (secondary N) is 1. The minimum Gasteiger partial charge on any atom is -0.489 e. The number of carboxylic acid groups (broad SMARTS) is 1. The fourth-order valence-electron chi connectivity index (χ4n) is 2.51. The van der Waals surface area contributed by atoms with E-state index in [0.29, 0.717) is 30.5 Å². The molecule has 0 aliphatic heterocycles. The molecule has 0 saturated heterocycles. The van der Waals surface area contributed by atoms with Crippen LogP contribution in [0.4, 0.5) is 0 Å². The number of hydrogen-bond donors (Lipinski definition) is 2. The summed E-state index contributed by atoms with van der Waals surface area (Å²) >= 11 is 6.13. The van der Waals surface area contributed by atoms with E-state index in [-0.39, 0.29) is 0 Å². The van der Waals surface area contributed by atoms with Crippen LogP contribution in [0.2, 0.25) is 5.02 Å². The van der Waals surface area contributed by atoms with Crippen LogP contribution in [0, 0.1) is 5.92 Å². The van der Waals surface area contributed by atoms with E-state index in [2.05, 4.69) is 5.32 Å². The standard InChI is InChI=1S/C20H24ClNO3/c1-14(2)10-19(20(23)24)22-12-15-6-5-8-17(11-15)25-13-16-7-3-4-9-18(16)21/h3-9,11,14,19,22H,10,12-13H2,1-2H3,(H,23,24)/t19-/m0/s1. The van der Waals surface area contributed by atoms with Crippen LogP contribution in [-0.2, 0) is 17.9 Å². The molecule has 1 atom stereocenters. The summed E-state index contributed by atoms with van der Waals surface area (Å²) in [5, 5.41) is 13.1. The minimum absolute atomic E-state index is 0.318. The molecule has 0 aliphatic carbocycles. The highest BCUT2D eigenvalue weighted by molar-refractivity contribution is 6.31. The normalized spacial score (nSPS) is 12.2. The van der Waals surface area contributed by atoms with Crippen molar-refractivity contribution in [2.24, 2.45) is 5.92 Å². The van der Waals surface area contributed by atoms with Crippen molar-refractivity contribution in [1.29, 1.82) is 0 Å². The van der Waals surface area contributed by atoms with Crippen molar-refractivity contribution in [3.63, 3.8) is 0 Å². The lowest BCUT2D eigenvalue weighted by molar-refractivity contribution is -0.140. The molecule has 0 fully saturated rings. The Labute approximate surface area is 153 Å². The van der Waals surface area contributed by atoms with Crippen molar-refractivity contribution in [3.8, 4) is 5.75 Å². The van der Waals surface area contributed by atoms with E-state index in [9.17, 15) is 9.90 Å². The largest absolute Gasteiger partial charge is 0.489 e. The molecule has 25 heavy (non-hydrogen) atoms. The summed E-state index contributed by atoms with van der Waals surface area (Å²) in [7, 11) is 0. The average Bonchev–Trinajstić information content (AvgIpc) is 2.58. The number of carboxylic acids is 1. The van der Waals surface area contributed by atoms with Crippen molar-refractivity contribution in [3.05, 3.63) is 64.7 Å². The lowest BCUT2D eigenvalue weighted by Gasteiger charge is -2.17. The highest BCUT2D eigenvalue weighted by Gasteiger charge is 2.17. The second kappa shape index (κ2) is 9.44. The number of halogens is 1. The monoisotopic (exact) mass is 361 g/mol. The predicted octanol–water partition coefficient (Wildman–Crippen LogP) is 4.51. The maximum atomic E-state index is 11.3. The van der Waals surface area contributed by atoms with Gasteiger partial charge in [-0.3, -0.25) is 4.79 Å². The third kappa shape index (κ3) is 6.40. The number of rotatable bonds is 9. The molecule has 0 heterocycles. The van der Waals surface area contributed by atoms with E-state index in [4.69, 9.17) is 16.3 Å². The second-order valence-corrected chi connectivity index (χ2v) is 6.84. The summed E-state index contributed by atoms with van der Waals surface area (Å²) in [6, 6.07) is 14.7. The van der Waals surface area contributed by atoms with Crippen LogP contribution >= 0.6 is 11.6 Å². The lowest BCUT2D eigenvalue weighted by Crippen LogP contribution is -2.37. The molecule has 0 bridgehead atoms. The SMILES string of the molecule is CC(C)C[C@H](NCc1cccc(OCc2ccccc2Cl)c1)C(=O)O. The molecular weight excluding hydrogens is 338 g/mol. The van der Waals surface area contributed by atoms with Crippen LogP contribution in [-0.4, -0.2) is 17.1 Å². The smallest absolute Gasteiger partial charge is 0.320 e. The van der Waals surface area contributed by atoms with Crippen molar-refractivity contribution in [2.45, 2.75) is 39.5 Å². The Morgan fingerprint density at radius 2 is 1.96 bits per heavy atom. The van der Waals surface area contributed by atoms with E-state index in [0.717, 1.165) is 16.9 Å². The van der Waals surface area contributed by atoms with Gasteiger partial charge in [0.2, 0.25) is 0 Å². The number of ether oxygens (including phenoxy) is 1. The molecule has 2 rings (SSSR count). The highest BCUT2D eigenvalue weighted by Crippen LogP contribution is 2.19. The summed E-state index contributed by atoms with van der Waals surface area (Å²) in [4.78, 5) is 11.3. The van der Waals surface area contributed by atoms with Gasteiger partial charge in [-0.25, -0.2) is 0 Å². The molecule has 0 radical (unpaired) electrons. The molecule has 2 N–H and O–H groups in total. The van der Waals surface area contributed by atoms with Gasteiger partial charge in [0, 0.05) is 17.1 Å². The van der Waals surface area contributed by atoms with Crippen LogP contribution in [0.25, 0.3) is 0 Å². The molecule has 0 aromatic heterocycles. The summed E-state index contributed by atoms with van der Waals surface area (Å²) in [6.07, 6.45) is 0.595. The molecule has 0 unspecified atom stereocenters. The van der Waals surface area contributed by atoms with Gasteiger partial charge in [-0.1, -0.05) is 55.8 Å². The van der Waals surface area contributed by atoms with E-state index in [1.165, 1.54) is 0 Å². The van der Waals surface area contributed by atoms with Gasteiger partial charge in [-0.05, 0) is 36.1 Å². The first kappa shape index (κ1) is 19.3. The maximum Gasteiger partial charge on any atom is 0.320 e. The molecule has 2 aromatic carbocycles. The molecule has 0 aliphatic rings. The summed E-state index contributed by atoms with van der Waals surface area (Å²) in [6.45, 7) is 4.90. The van der Waals surface area contributed by atoms with Gasteiger partial charge in [0.25, 0.3) is 0 Å². The Balaban J connectivity index is 1.94. The van der Waals surface area contributed by atoms with Crippen LogP contribution in [0.3, 0.4) is 0 Å². The second-order valence-electron chi connectivity index (χ2n) is 6.43. The van der Waals surface area contributed by atoms with E-state index >= 15 is 0 Å². The topological polar surface area (TPSA) is 58.6 Å². The summed E-state index contributed by atoms with van der Waals surface area (Å²) in [5.41, 5.74) is 1.90. The minimum atomic E-state index is -0.820. The molecule has 2 aromatic rings. The molecule has 4 nitrogen and oxygen atoms in total. The number of benzene rings is 2. The molecule has 0 spiro atoms. The van der Waals surface area contributed by atoms with Gasteiger partial charge in [-0.2, -0.15) is 0 Å². The zero-order chi connectivity index (χ0) is 18.2. The van der Waals surface area contributed by atoms with Crippen LogP contribution < -0.4 is 10.1 Å². The zero-order valence-corrected chi connectivity index (χ0v) is 15.3. The van der Waals surface area contributed by atoms with Crippen molar-refractivity contribution in [1.82, 2.24) is 5.32 Å². The van der Waals surface area contributed by atoms with Gasteiger partial charge in [0.15, 0.2) is 0 Å². The maximum absolute atomic E-state index is 11.3. The fraction of sp³-hybridized carbons (Fsp3) is 0.350. The van der Waals surface area contributed by atoms with Gasteiger partial charge in [0.1, 0.15) is 18.4 Å². The number of hydrogen-bond acceptors (Lipinski definition) is 3. The third-order valence-corrected chi connectivity index (χ3v) is 4.18. The van der Waals surface area contributed by atoms with Crippen molar-refractivity contribution < 1.29 is 14.6 Å². The molecule has 0 amide bonds. The van der Waals surface area contributed by atoms with Crippen molar-refractivity contribution >= 4 is 17.6 Å². The summed E-state index contributed by atoms with van der Waals surface area (Å²) < 4.78 is 5.80. The first-order valence-corrected chi connectivity index (χ1v) is 8.75. The number of aliphatic carboxylic acids is 1. The lowest BCUT2D eigenvalue weighted by atomic mass is 10.0. The van der Waals surface area contributed by atoms with E-state index in [1.807, 2.05) is 62.4 Å². The fourth-order valence-corrected chi connectivity index (χ4v) is 2.70. The highest BCUT2D eigenvalue weighted by atomic mass is 35.5. The Morgan fingerprint density at radius 3 is 2.64 bits per heavy atom. The van der Waals surface area contributed by atoms with Crippen LogP contribution in [0.5, 0.6) is 5.75 Å². The Morgan fingerprint density at radius 1 is 1.20 bits per heavy atom. The molecule has 134 valence electrons. The van der Waals surface area contributed by atoms with Crippen molar-refractivity contribution in [2.75, 3.05) is 0 Å². The number of carbonyl (C=O) groups is 1. The molecular formula is C20H24ClNO3. The van der Waals surface area contributed by atoms with E-state index in [1.54, 1.807) is 0 Å². The van der Waals surface area contributed by atoms with Gasteiger partial charge in [0.05, 0.1) is 0 Å². The Bertz CT molecular complexity index is 703. The van der Waals surface area contributed by atoms with Gasteiger partial charge >= 0.3 is 5.97 Å². The Kier molecular flexibility index (Phi) is 7.29. The zero-order valence-electron chi connectivity index (χ0n) is 14.5. The van der Waals surface area contributed by atoms with Gasteiger partial charge < -0.3 is 15.2 Å². The summed E-state index contributed by atoms with van der Waals surface area (Å²) in [5.74, 6) is 0.230. The quantitative estimate of drug-likeness (QED) is 0.690. The first-order chi connectivity index (χ1) is 12.0. The average molecular weight is 362 g/mol. The van der Waals surface area contributed by atoms with Crippen LogP contribution in [0.1, 0.15) is 31.4 Å². The first-order valence-electron chi connectivity index (χ1n) is 8.37. The molecule has 5 heteroatoms. The van der Waals surface area contributed by atoms with Gasteiger partial charge in [-0.15, -0.1) is 0 Å². The van der Waals surface area contributed by atoms with E-state index < -0.39 is 12.0 Å². The molecule has 0 saturated carbocycles. The third-order valence-electron chi connectivity index (χ3n) is 3.81. The van der Waals surface area contributed by atoms with Crippen LogP contribution in [0.15, 0.2) is 48.5 Å². The Hall–Kier alpha value is -2.04.